The van der Waals surface area contributed by atoms with Crippen molar-refractivity contribution in [3.8, 4) is 0 Å². The number of esters is 1. The van der Waals surface area contributed by atoms with E-state index in [0.717, 1.165) is 12.8 Å². The molecule has 0 saturated carbocycles. The molecule has 0 spiro atoms. The van der Waals surface area contributed by atoms with Crippen LogP contribution in [0.3, 0.4) is 0 Å². The number of hydrogen-bond donors (Lipinski definition) is 0. The zero-order valence-electron chi connectivity index (χ0n) is 6.35. The molecule has 1 aliphatic rings. The van der Waals surface area contributed by atoms with E-state index in [0.29, 0.717) is 6.42 Å². The first kappa shape index (κ1) is 7.54. The summed E-state index contributed by atoms with van der Waals surface area (Å²) in [6.45, 7) is 1.78. The van der Waals surface area contributed by atoms with Crippen LogP contribution in [0.2, 0.25) is 0 Å². The van der Waals surface area contributed by atoms with Crippen LogP contribution in [0, 0.1) is 0 Å². The maximum absolute atomic E-state index is 10.7. The first-order valence-corrected chi connectivity index (χ1v) is 3.43. The standard InChI is InChI=1S/C7H12O3/c1-7(9-2)5-3-4-6(8)10-7/h3-5H2,1-2H3. The van der Waals surface area contributed by atoms with E-state index in [1.807, 2.05) is 0 Å². The minimum atomic E-state index is -0.657. The van der Waals surface area contributed by atoms with Gasteiger partial charge in [0.05, 0.1) is 0 Å². The fourth-order valence-electron chi connectivity index (χ4n) is 1.04. The SMILES string of the molecule is COC1(C)CCCC(=O)O1. The molecule has 0 radical (unpaired) electrons. The molecule has 0 aromatic heterocycles. The molecule has 1 unspecified atom stereocenters. The van der Waals surface area contributed by atoms with Crippen LogP contribution in [0.1, 0.15) is 26.2 Å². The molecule has 1 saturated heterocycles. The molecule has 3 heteroatoms. The predicted octanol–water partition coefficient (Wildman–Crippen LogP) is 1.08. The molecule has 1 aliphatic heterocycles. The van der Waals surface area contributed by atoms with Crippen LogP contribution in [0.25, 0.3) is 0 Å². The van der Waals surface area contributed by atoms with Gasteiger partial charge in [0.25, 0.3) is 0 Å². The van der Waals surface area contributed by atoms with E-state index in [1.165, 1.54) is 0 Å². The number of rotatable bonds is 1. The minimum absolute atomic E-state index is 0.157. The summed E-state index contributed by atoms with van der Waals surface area (Å²) < 4.78 is 9.97. The van der Waals surface area contributed by atoms with Crippen molar-refractivity contribution in [2.75, 3.05) is 7.11 Å². The summed E-state index contributed by atoms with van der Waals surface area (Å²) >= 11 is 0. The number of carbonyl (C=O) groups is 1. The second-order valence-electron chi connectivity index (χ2n) is 2.67. The molecule has 1 heterocycles. The molecule has 0 aromatic rings. The van der Waals surface area contributed by atoms with Crippen LogP contribution < -0.4 is 0 Å². The van der Waals surface area contributed by atoms with Crippen molar-refractivity contribution in [2.45, 2.75) is 32.0 Å². The van der Waals surface area contributed by atoms with Crippen molar-refractivity contribution in [2.24, 2.45) is 0 Å². The van der Waals surface area contributed by atoms with Crippen LogP contribution in [-0.2, 0) is 14.3 Å². The van der Waals surface area contributed by atoms with Crippen molar-refractivity contribution < 1.29 is 14.3 Å². The Labute approximate surface area is 60.3 Å². The fourth-order valence-corrected chi connectivity index (χ4v) is 1.04. The summed E-state index contributed by atoms with van der Waals surface area (Å²) in [5.41, 5.74) is 0. The summed E-state index contributed by atoms with van der Waals surface area (Å²) in [6, 6.07) is 0. The summed E-state index contributed by atoms with van der Waals surface area (Å²) in [4.78, 5) is 10.7. The number of carbonyl (C=O) groups excluding carboxylic acids is 1. The van der Waals surface area contributed by atoms with Crippen LogP contribution in [0.4, 0.5) is 0 Å². The Morgan fingerprint density at radius 1 is 1.70 bits per heavy atom. The van der Waals surface area contributed by atoms with Gasteiger partial charge in [0.15, 0.2) is 0 Å². The molecule has 1 fully saturated rings. The summed E-state index contributed by atoms with van der Waals surface area (Å²) in [5, 5.41) is 0. The van der Waals surface area contributed by atoms with Crippen LogP contribution in [0.15, 0.2) is 0 Å². The highest BCUT2D eigenvalue weighted by atomic mass is 16.7. The van der Waals surface area contributed by atoms with Gasteiger partial charge in [-0.3, -0.25) is 4.79 Å². The Morgan fingerprint density at radius 2 is 2.40 bits per heavy atom. The van der Waals surface area contributed by atoms with Gasteiger partial charge < -0.3 is 9.47 Å². The summed E-state index contributed by atoms with van der Waals surface area (Å²) in [7, 11) is 1.55. The van der Waals surface area contributed by atoms with E-state index in [2.05, 4.69) is 0 Å². The first-order valence-electron chi connectivity index (χ1n) is 3.43. The van der Waals surface area contributed by atoms with Crippen molar-refractivity contribution >= 4 is 5.97 Å². The Bertz CT molecular complexity index is 144. The normalized spacial score (nSPS) is 33.6. The van der Waals surface area contributed by atoms with Gasteiger partial charge in [-0.2, -0.15) is 0 Å². The molecule has 3 nitrogen and oxygen atoms in total. The summed E-state index contributed by atoms with van der Waals surface area (Å²) in [5.74, 6) is -0.814. The second-order valence-corrected chi connectivity index (χ2v) is 2.67. The lowest BCUT2D eigenvalue weighted by atomic mass is 10.1. The van der Waals surface area contributed by atoms with Gasteiger partial charge in [-0.05, 0) is 6.42 Å². The first-order chi connectivity index (χ1) is 4.66. The van der Waals surface area contributed by atoms with E-state index in [1.54, 1.807) is 14.0 Å². The maximum atomic E-state index is 10.7. The molecule has 1 atom stereocenters. The highest BCUT2D eigenvalue weighted by molar-refractivity contribution is 5.70. The van der Waals surface area contributed by atoms with Gasteiger partial charge in [0.1, 0.15) is 0 Å². The number of cyclic esters (lactones) is 1. The number of hydrogen-bond acceptors (Lipinski definition) is 3. The van der Waals surface area contributed by atoms with Gasteiger partial charge in [-0.15, -0.1) is 0 Å². The quantitative estimate of drug-likeness (QED) is 0.516. The van der Waals surface area contributed by atoms with E-state index >= 15 is 0 Å². The molecule has 0 aromatic carbocycles. The lowest BCUT2D eigenvalue weighted by Gasteiger charge is -2.31. The van der Waals surface area contributed by atoms with Crippen LogP contribution >= 0.6 is 0 Å². The Kier molecular flexibility index (Phi) is 1.94. The van der Waals surface area contributed by atoms with Crippen LogP contribution in [-0.4, -0.2) is 18.9 Å². The van der Waals surface area contributed by atoms with Gasteiger partial charge in [-0.1, -0.05) is 0 Å². The van der Waals surface area contributed by atoms with Gasteiger partial charge in [0, 0.05) is 26.9 Å². The molecule has 58 valence electrons. The average molecular weight is 144 g/mol. The number of ether oxygens (including phenoxy) is 2. The van der Waals surface area contributed by atoms with E-state index in [4.69, 9.17) is 9.47 Å². The Balaban J connectivity index is 2.53. The molecule has 0 aliphatic carbocycles. The Hall–Kier alpha value is -0.570. The minimum Gasteiger partial charge on any atom is -0.433 e. The largest absolute Gasteiger partial charge is 0.433 e. The molecular formula is C7H12O3. The third-order valence-electron chi connectivity index (χ3n) is 1.77. The van der Waals surface area contributed by atoms with Crippen molar-refractivity contribution in [1.29, 1.82) is 0 Å². The molecule has 0 N–H and O–H groups in total. The van der Waals surface area contributed by atoms with Crippen molar-refractivity contribution in [3.63, 3.8) is 0 Å². The zero-order chi connectivity index (χ0) is 7.61. The molecule has 1 rings (SSSR count). The highest BCUT2D eigenvalue weighted by Crippen LogP contribution is 2.25. The molecular weight excluding hydrogens is 132 g/mol. The third kappa shape index (κ3) is 1.48. The summed E-state index contributed by atoms with van der Waals surface area (Å²) in [6.07, 6.45) is 2.19. The smallest absolute Gasteiger partial charge is 0.308 e. The topological polar surface area (TPSA) is 35.5 Å². The van der Waals surface area contributed by atoms with E-state index in [-0.39, 0.29) is 5.97 Å². The maximum Gasteiger partial charge on any atom is 0.308 e. The molecule has 0 amide bonds. The zero-order valence-corrected chi connectivity index (χ0v) is 6.35. The number of methoxy groups -OCH3 is 1. The highest BCUT2D eigenvalue weighted by Gasteiger charge is 2.31. The fraction of sp³-hybridized carbons (Fsp3) is 0.857. The second kappa shape index (κ2) is 2.58. The van der Waals surface area contributed by atoms with E-state index < -0.39 is 5.79 Å². The predicted molar refractivity (Wildman–Crippen MR) is 35.4 cm³/mol. The monoisotopic (exact) mass is 144 g/mol. The van der Waals surface area contributed by atoms with Gasteiger partial charge in [-0.25, -0.2) is 0 Å². The van der Waals surface area contributed by atoms with Crippen molar-refractivity contribution in [1.82, 2.24) is 0 Å². The van der Waals surface area contributed by atoms with E-state index in [9.17, 15) is 4.79 Å². The van der Waals surface area contributed by atoms with Gasteiger partial charge >= 0.3 is 5.97 Å². The van der Waals surface area contributed by atoms with Crippen LogP contribution in [0.5, 0.6) is 0 Å². The molecule has 10 heavy (non-hydrogen) atoms. The average Bonchev–Trinajstić information content (AvgIpc) is 1.88. The lowest BCUT2D eigenvalue weighted by molar-refractivity contribution is -0.226. The third-order valence-corrected chi connectivity index (χ3v) is 1.77. The Morgan fingerprint density at radius 3 is 2.80 bits per heavy atom. The van der Waals surface area contributed by atoms with Crippen molar-refractivity contribution in [3.05, 3.63) is 0 Å². The lowest BCUT2D eigenvalue weighted by Crippen LogP contribution is -2.37. The molecule has 0 bridgehead atoms. The van der Waals surface area contributed by atoms with Gasteiger partial charge in [0.2, 0.25) is 5.79 Å².